The molecule has 1 aliphatic heterocycles. The largest absolute Gasteiger partial charge is 0.398 e. The molecule has 42 heavy (non-hydrogen) atoms. The average molecular weight is 611 g/mol. The molecule has 4 N–H and O–H groups in total. The summed E-state index contributed by atoms with van der Waals surface area (Å²) in [6.45, 7) is 1.84. The number of hydrogen-bond donors (Lipinski definition) is 3. The lowest BCUT2D eigenvalue weighted by Crippen LogP contribution is -2.37. The summed E-state index contributed by atoms with van der Waals surface area (Å²) in [7, 11) is -9.15. The maximum Gasteiger partial charge on any atom is 0.344 e. The first-order valence-electron chi connectivity index (χ1n) is 12.6. The second kappa shape index (κ2) is 12.1. The van der Waals surface area contributed by atoms with Crippen molar-refractivity contribution in [2.24, 2.45) is 0 Å². The minimum absolute atomic E-state index is 0.0610. The Kier molecular flexibility index (Phi) is 8.35. The Morgan fingerprint density at radius 3 is 2.26 bits per heavy atom. The van der Waals surface area contributed by atoms with E-state index in [-0.39, 0.29) is 38.5 Å². The van der Waals surface area contributed by atoms with Gasteiger partial charge in [-0.3, -0.25) is 4.55 Å². The van der Waals surface area contributed by atoms with Gasteiger partial charge in [0.05, 0.1) is 18.9 Å². The van der Waals surface area contributed by atoms with Crippen molar-refractivity contribution in [3.63, 3.8) is 0 Å². The van der Waals surface area contributed by atoms with Crippen molar-refractivity contribution in [1.82, 2.24) is 15.0 Å². The second-order valence-corrected chi connectivity index (χ2v) is 11.9. The molecular formula is C27H26N6O7S2. The fourth-order valence-corrected chi connectivity index (χ4v) is 5.98. The van der Waals surface area contributed by atoms with Gasteiger partial charge in [-0.05, 0) is 35.4 Å². The molecule has 1 aliphatic rings. The molecule has 3 aromatic carbocycles. The molecular weight excluding hydrogens is 584 g/mol. The number of nitrogen functional groups attached to an aromatic ring is 1. The number of aromatic nitrogens is 3. The normalized spacial score (nSPS) is 14.2. The molecule has 4 aromatic rings. The van der Waals surface area contributed by atoms with Gasteiger partial charge in [0.15, 0.2) is 0 Å². The van der Waals surface area contributed by atoms with Gasteiger partial charge in [-0.2, -0.15) is 31.8 Å². The van der Waals surface area contributed by atoms with Crippen molar-refractivity contribution in [1.29, 1.82) is 0 Å². The van der Waals surface area contributed by atoms with E-state index in [1.807, 2.05) is 23.1 Å². The molecule has 15 heteroatoms. The van der Waals surface area contributed by atoms with Crippen LogP contribution < -0.4 is 20.1 Å². The molecule has 2 heterocycles. The van der Waals surface area contributed by atoms with Crippen LogP contribution in [0.2, 0.25) is 0 Å². The molecule has 1 fully saturated rings. The highest BCUT2D eigenvalue weighted by Crippen LogP contribution is 2.29. The predicted octanol–water partition coefficient (Wildman–Crippen LogP) is 3.22. The summed E-state index contributed by atoms with van der Waals surface area (Å²) < 4.78 is 71.2. The number of nitrogens with zero attached hydrogens (tertiary/aromatic N) is 4. The smallest absolute Gasteiger partial charge is 0.344 e. The summed E-state index contributed by atoms with van der Waals surface area (Å²) in [6, 6.07) is 18.7. The molecule has 1 aromatic heterocycles. The number of nitrogens with one attached hydrogen (secondary N) is 1. The highest BCUT2D eigenvalue weighted by molar-refractivity contribution is 7.87. The van der Waals surface area contributed by atoms with Crippen LogP contribution in [0.1, 0.15) is 11.1 Å². The van der Waals surface area contributed by atoms with E-state index in [2.05, 4.69) is 20.3 Å². The Hall–Kier alpha value is -4.57. The fraction of sp³-hybridized carbons (Fsp3) is 0.148. The summed E-state index contributed by atoms with van der Waals surface area (Å²) >= 11 is 0. The third-order valence-electron chi connectivity index (χ3n) is 6.08. The zero-order chi connectivity index (χ0) is 29.7. The van der Waals surface area contributed by atoms with E-state index in [4.69, 9.17) is 14.7 Å². The standard InChI is InChI=1S/C27H26N6O7S2/c28-22-11-6-8-20(14-13-19-7-4-5-12-23(19)41(34,35)36)24(22)42(37,38)40-27-31-25(29-21-9-2-1-3-10-21)30-26(32-27)33-15-17-39-18-16-33/h1-14H,15-18,28H2,(H,34,35,36)(H,29,30,31,32). The van der Waals surface area contributed by atoms with Crippen molar-refractivity contribution in [3.8, 4) is 6.01 Å². The van der Waals surface area contributed by atoms with Crippen molar-refractivity contribution < 1.29 is 30.3 Å². The first-order valence-corrected chi connectivity index (χ1v) is 15.4. The van der Waals surface area contributed by atoms with Crippen LogP contribution in [0.3, 0.4) is 0 Å². The Labute approximate surface area is 242 Å². The lowest BCUT2D eigenvalue weighted by atomic mass is 10.1. The molecule has 1 saturated heterocycles. The Bertz CT molecular complexity index is 1830. The van der Waals surface area contributed by atoms with E-state index in [1.54, 1.807) is 18.2 Å². The zero-order valence-electron chi connectivity index (χ0n) is 22.0. The predicted molar refractivity (Wildman–Crippen MR) is 156 cm³/mol. The summed E-state index contributed by atoms with van der Waals surface area (Å²) in [4.78, 5) is 14.0. The van der Waals surface area contributed by atoms with Crippen molar-refractivity contribution in [2.45, 2.75) is 9.79 Å². The number of hydrogen-bond acceptors (Lipinski definition) is 12. The molecule has 0 bridgehead atoms. The Morgan fingerprint density at radius 2 is 1.52 bits per heavy atom. The first kappa shape index (κ1) is 28.9. The number of nitrogens with two attached hydrogens (primary N) is 1. The monoisotopic (exact) mass is 610 g/mol. The first-order chi connectivity index (χ1) is 20.1. The highest BCUT2D eigenvalue weighted by atomic mass is 32.2. The van der Waals surface area contributed by atoms with Gasteiger partial charge in [-0.25, -0.2) is 0 Å². The number of morpholine rings is 1. The third kappa shape index (κ3) is 6.83. The van der Waals surface area contributed by atoms with E-state index in [9.17, 15) is 21.4 Å². The van der Waals surface area contributed by atoms with Crippen molar-refractivity contribution >= 4 is 55.7 Å². The number of benzene rings is 3. The number of ether oxygens (including phenoxy) is 1. The lowest BCUT2D eigenvalue weighted by Gasteiger charge is -2.27. The van der Waals surface area contributed by atoms with Crippen LogP contribution in [0, 0.1) is 0 Å². The van der Waals surface area contributed by atoms with Gasteiger partial charge in [0.25, 0.3) is 10.1 Å². The Balaban J connectivity index is 1.51. The van der Waals surface area contributed by atoms with Crippen LogP contribution in [0.15, 0.2) is 82.6 Å². The van der Waals surface area contributed by atoms with Crippen LogP contribution >= 0.6 is 0 Å². The van der Waals surface area contributed by atoms with E-state index in [0.717, 1.165) is 0 Å². The summed E-state index contributed by atoms with van der Waals surface area (Å²) in [5, 5.41) is 3.03. The van der Waals surface area contributed by atoms with Crippen LogP contribution in [0.5, 0.6) is 6.01 Å². The van der Waals surface area contributed by atoms with Gasteiger partial charge in [0.2, 0.25) is 11.9 Å². The summed E-state index contributed by atoms with van der Waals surface area (Å²) in [5.41, 5.74) is 6.87. The van der Waals surface area contributed by atoms with Gasteiger partial charge in [-0.15, -0.1) is 0 Å². The maximum atomic E-state index is 13.6. The third-order valence-corrected chi connectivity index (χ3v) is 8.34. The second-order valence-electron chi connectivity index (χ2n) is 8.98. The van der Waals surface area contributed by atoms with Crippen LogP contribution in [0.4, 0.5) is 23.3 Å². The van der Waals surface area contributed by atoms with Gasteiger partial charge in [0, 0.05) is 18.8 Å². The van der Waals surface area contributed by atoms with Crippen LogP contribution in [-0.2, 0) is 25.0 Å². The van der Waals surface area contributed by atoms with Crippen molar-refractivity contribution in [2.75, 3.05) is 42.3 Å². The molecule has 0 aliphatic carbocycles. The van der Waals surface area contributed by atoms with Crippen LogP contribution in [-0.4, -0.2) is 62.6 Å². The lowest BCUT2D eigenvalue weighted by molar-refractivity contribution is 0.122. The van der Waals surface area contributed by atoms with Gasteiger partial charge in [-0.1, -0.05) is 60.7 Å². The highest BCUT2D eigenvalue weighted by Gasteiger charge is 2.26. The van der Waals surface area contributed by atoms with E-state index in [1.165, 1.54) is 48.6 Å². The molecule has 13 nitrogen and oxygen atoms in total. The average Bonchev–Trinajstić information content (AvgIpc) is 2.96. The fourth-order valence-electron chi connectivity index (χ4n) is 4.16. The minimum Gasteiger partial charge on any atom is -0.398 e. The van der Waals surface area contributed by atoms with Crippen molar-refractivity contribution in [3.05, 3.63) is 83.9 Å². The molecule has 0 saturated carbocycles. The van der Waals surface area contributed by atoms with Gasteiger partial charge >= 0.3 is 16.1 Å². The van der Waals surface area contributed by atoms with E-state index in [0.29, 0.717) is 32.0 Å². The molecule has 0 amide bonds. The van der Waals surface area contributed by atoms with Crippen LogP contribution in [0.25, 0.3) is 12.2 Å². The molecule has 0 radical (unpaired) electrons. The SMILES string of the molecule is Nc1cccc(C=Cc2ccccc2S(=O)(=O)O)c1S(=O)(=O)Oc1nc(Nc2ccccc2)nc(N2CCOCC2)n1. The quantitative estimate of drug-likeness (QED) is 0.109. The summed E-state index contributed by atoms with van der Waals surface area (Å²) in [6.07, 6.45) is 2.70. The molecule has 5 rings (SSSR count). The van der Waals surface area contributed by atoms with Gasteiger partial charge in [0.1, 0.15) is 9.79 Å². The van der Waals surface area contributed by atoms with E-state index < -0.39 is 26.2 Å². The molecule has 0 atom stereocenters. The topological polar surface area (TPSA) is 187 Å². The zero-order valence-corrected chi connectivity index (χ0v) is 23.6. The number of anilines is 4. The summed E-state index contributed by atoms with van der Waals surface area (Å²) in [5.74, 6) is 0.255. The minimum atomic E-state index is -4.62. The van der Waals surface area contributed by atoms with Gasteiger partial charge < -0.3 is 24.9 Å². The van der Waals surface area contributed by atoms with E-state index >= 15 is 0 Å². The Morgan fingerprint density at radius 1 is 0.857 bits per heavy atom. The molecule has 0 spiro atoms. The number of para-hydroxylation sites is 1. The molecule has 0 unspecified atom stereocenters. The number of rotatable bonds is 9. The maximum absolute atomic E-state index is 13.6. The molecule has 218 valence electrons.